The minimum absolute atomic E-state index is 0.246. The number of rotatable bonds is 5. The molecule has 1 saturated heterocycles. The zero-order chi connectivity index (χ0) is 19.4. The average molecular weight is 380 g/mol. The van der Waals surface area contributed by atoms with Crippen molar-refractivity contribution in [3.05, 3.63) is 54.0 Å². The molecule has 2 aliphatic rings. The third-order valence-corrected chi connectivity index (χ3v) is 5.86. The van der Waals surface area contributed by atoms with Gasteiger partial charge in [-0.25, -0.2) is 4.99 Å². The first-order valence-electron chi connectivity index (χ1n) is 10.1. The molecule has 1 saturated carbocycles. The molecule has 2 N–H and O–H groups in total. The standard InChI is InChI=1S/C22H28N4O2/c1-2-23-21(26-13-12-22(16-26)10-4-11-22)24-15-17-6-8-18(9-7-17)25-20(27)19-5-3-14-28-19/h3,5-9,14H,2,4,10-13,15-16H2,1H3,(H,23,24)(H,25,27). The summed E-state index contributed by atoms with van der Waals surface area (Å²) in [4.78, 5) is 19.3. The molecule has 1 aromatic heterocycles. The highest BCUT2D eigenvalue weighted by Gasteiger charge is 2.43. The van der Waals surface area contributed by atoms with Crippen LogP contribution in [0.4, 0.5) is 5.69 Å². The molecule has 2 fully saturated rings. The minimum atomic E-state index is -0.246. The van der Waals surface area contributed by atoms with E-state index in [4.69, 9.17) is 9.41 Å². The van der Waals surface area contributed by atoms with Gasteiger partial charge < -0.3 is 20.0 Å². The molecule has 6 heteroatoms. The summed E-state index contributed by atoms with van der Waals surface area (Å²) in [6.45, 7) is 5.85. The summed E-state index contributed by atoms with van der Waals surface area (Å²) in [7, 11) is 0. The van der Waals surface area contributed by atoms with Crippen LogP contribution in [0.5, 0.6) is 0 Å². The Balaban J connectivity index is 1.36. The summed E-state index contributed by atoms with van der Waals surface area (Å²) in [6, 6.07) is 11.2. The van der Waals surface area contributed by atoms with Gasteiger partial charge >= 0.3 is 0 Å². The number of anilines is 1. The lowest BCUT2D eigenvalue weighted by Crippen LogP contribution is -2.42. The molecule has 0 unspecified atom stereocenters. The van der Waals surface area contributed by atoms with E-state index in [0.717, 1.165) is 36.8 Å². The second kappa shape index (κ2) is 8.09. The van der Waals surface area contributed by atoms with Crippen molar-refractivity contribution in [2.24, 2.45) is 10.4 Å². The van der Waals surface area contributed by atoms with Gasteiger partial charge in [0.05, 0.1) is 12.8 Å². The van der Waals surface area contributed by atoms with Crippen LogP contribution in [0.25, 0.3) is 0 Å². The van der Waals surface area contributed by atoms with E-state index in [-0.39, 0.29) is 5.91 Å². The van der Waals surface area contributed by atoms with Crippen molar-refractivity contribution in [3.8, 4) is 0 Å². The van der Waals surface area contributed by atoms with Crippen LogP contribution in [0, 0.1) is 5.41 Å². The molecule has 2 aromatic rings. The normalized spacial score (nSPS) is 18.2. The van der Waals surface area contributed by atoms with Crippen LogP contribution in [0.15, 0.2) is 52.1 Å². The van der Waals surface area contributed by atoms with Gasteiger partial charge in [0, 0.05) is 25.3 Å². The van der Waals surface area contributed by atoms with Crippen molar-refractivity contribution in [2.45, 2.75) is 39.2 Å². The Hall–Kier alpha value is -2.76. The first-order valence-corrected chi connectivity index (χ1v) is 10.1. The predicted octanol–water partition coefficient (Wildman–Crippen LogP) is 3.87. The third-order valence-electron chi connectivity index (χ3n) is 5.86. The fourth-order valence-corrected chi connectivity index (χ4v) is 4.09. The zero-order valence-electron chi connectivity index (χ0n) is 16.4. The Morgan fingerprint density at radius 2 is 2.04 bits per heavy atom. The molecule has 6 nitrogen and oxygen atoms in total. The number of nitrogens with one attached hydrogen (secondary N) is 2. The maximum absolute atomic E-state index is 12.0. The summed E-state index contributed by atoms with van der Waals surface area (Å²) in [5, 5.41) is 6.28. The number of carbonyl (C=O) groups is 1. The van der Waals surface area contributed by atoms with E-state index in [1.54, 1.807) is 12.1 Å². The third kappa shape index (κ3) is 4.06. The molecule has 148 valence electrons. The number of guanidine groups is 1. The van der Waals surface area contributed by atoms with E-state index in [2.05, 4.69) is 22.5 Å². The molecular weight excluding hydrogens is 352 g/mol. The number of hydrogen-bond donors (Lipinski definition) is 2. The first kappa shape index (κ1) is 18.6. The molecule has 4 rings (SSSR count). The Morgan fingerprint density at radius 1 is 1.21 bits per heavy atom. The molecular formula is C22H28N4O2. The molecule has 0 atom stereocenters. The van der Waals surface area contributed by atoms with Crippen molar-refractivity contribution >= 4 is 17.6 Å². The van der Waals surface area contributed by atoms with Gasteiger partial charge in [-0.1, -0.05) is 18.6 Å². The van der Waals surface area contributed by atoms with Gasteiger partial charge in [0.25, 0.3) is 5.91 Å². The van der Waals surface area contributed by atoms with Gasteiger partial charge in [-0.2, -0.15) is 0 Å². The highest BCUT2D eigenvalue weighted by Crippen LogP contribution is 2.47. The lowest BCUT2D eigenvalue weighted by Gasteiger charge is -2.38. The number of amides is 1. The zero-order valence-corrected chi connectivity index (χ0v) is 16.4. The fraction of sp³-hybridized carbons (Fsp3) is 0.455. The average Bonchev–Trinajstić information content (AvgIpc) is 3.36. The minimum Gasteiger partial charge on any atom is -0.459 e. The summed E-state index contributed by atoms with van der Waals surface area (Å²) in [6.07, 6.45) is 6.90. The van der Waals surface area contributed by atoms with E-state index >= 15 is 0 Å². The summed E-state index contributed by atoms with van der Waals surface area (Å²) in [5.74, 6) is 1.07. The molecule has 1 aliphatic carbocycles. The van der Waals surface area contributed by atoms with Crippen LogP contribution >= 0.6 is 0 Å². The van der Waals surface area contributed by atoms with Gasteiger partial charge in [-0.3, -0.25) is 4.79 Å². The summed E-state index contributed by atoms with van der Waals surface area (Å²) in [5.41, 5.74) is 2.42. The van der Waals surface area contributed by atoms with Gasteiger partial charge in [0.1, 0.15) is 0 Å². The first-order chi connectivity index (χ1) is 13.7. The maximum atomic E-state index is 12.0. The Kier molecular flexibility index (Phi) is 5.37. The van der Waals surface area contributed by atoms with Crippen molar-refractivity contribution < 1.29 is 9.21 Å². The van der Waals surface area contributed by atoms with Crippen LogP contribution in [-0.2, 0) is 6.54 Å². The van der Waals surface area contributed by atoms with E-state index in [1.807, 2.05) is 24.3 Å². The predicted molar refractivity (Wildman–Crippen MR) is 110 cm³/mol. The molecule has 0 radical (unpaired) electrons. The lowest BCUT2D eigenvalue weighted by atomic mass is 9.68. The van der Waals surface area contributed by atoms with Gasteiger partial charge in [0.15, 0.2) is 11.7 Å². The number of furan rings is 1. The molecule has 1 spiro atoms. The Labute approximate surface area is 166 Å². The van der Waals surface area contributed by atoms with E-state index < -0.39 is 0 Å². The lowest BCUT2D eigenvalue weighted by molar-refractivity contribution is 0.0996. The molecule has 28 heavy (non-hydrogen) atoms. The van der Waals surface area contributed by atoms with Gasteiger partial charge in [0.2, 0.25) is 0 Å². The Bertz CT molecular complexity index is 823. The fourth-order valence-electron chi connectivity index (χ4n) is 4.09. The quantitative estimate of drug-likeness (QED) is 0.610. The number of nitrogens with zero attached hydrogens (tertiary/aromatic N) is 2. The topological polar surface area (TPSA) is 69.9 Å². The van der Waals surface area contributed by atoms with Crippen molar-refractivity contribution in [1.29, 1.82) is 0 Å². The van der Waals surface area contributed by atoms with Crippen LogP contribution in [0.2, 0.25) is 0 Å². The molecule has 1 aliphatic heterocycles. The monoisotopic (exact) mass is 380 g/mol. The van der Waals surface area contributed by atoms with Crippen molar-refractivity contribution in [3.63, 3.8) is 0 Å². The second-order valence-electron chi connectivity index (χ2n) is 7.82. The molecule has 1 aromatic carbocycles. The van der Waals surface area contributed by atoms with E-state index in [1.165, 1.54) is 31.9 Å². The van der Waals surface area contributed by atoms with Crippen LogP contribution in [0.3, 0.4) is 0 Å². The number of hydrogen-bond acceptors (Lipinski definition) is 3. The SMILES string of the molecule is CCNC(=NCc1ccc(NC(=O)c2ccco2)cc1)N1CCC2(CCC2)C1. The van der Waals surface area contributed by atoms with Gasteiger partial charge in [-0.05, 0) is 61.4 Å². The van der Waals surface area contributed by atoms with Crippen molar-refractivity contribution in [1.82, 2.24) is 10.2 Å². The molecule has 1 amide bonds. The highest BCUT2D eigenvalue weighted by molar-refractivity contribution is 6.02. The Morgan fingerprint density at radius 3 is 2.64 bits per heavy atom. The number of aliphatic imine (C=N–C) groups is 1. The number of benzene rings is 1. The van der Waals surface area contributed by atoms with Crippen LogP contribution < -0.4 is 10.6 Å². The molecule has 0 bridgehead atoms. The summed E-state index contributed by atoms with van der Waals surface area (Å²) < 4.78 is 5.11. The number of likely N-dealkylation sites (tertiary alicyclic amines) is 1. The van der Waals surface area contributed by atoms with Gasteiger partial charge in [-0.15, -0.1) is 0 Å². The largest absolute Gasteiger partial charge is 0.459 e. The highest BCUT2D eigenvalue weighted by atomic mass is 16.3. The molecule has 2 heterocycles. The maximum Gasteiger partial charge on any atom is 0.291 e. The smallest absolute Gasteiger partial charge is 0.291 e. The van der Waals surface area contributed by atoms with E-state index in [9.17, 15) is 4.79 Å². The van der Waals surface area contributed by atoms with Crippen molar-refractivity contribution in [2.75, 3.05) is 25.0 Å². The van der Waals surface area contributed by atoms with Crippen LogP contribution in [0.1, 0.15) is 48.7 Å². The summed E-state index contributed by atoms with van der Waals surface area (Å²) >= 11 is 0. The number of carbonyl (C=O) groups excluding carboxylic acids is 1. The van der Waals surface area contributed by atoms with E-state index in [0.29, 0.717) is 17.7 Å². The second-order valence-corrected chi connectivity index (χ2v) is 7.82. The van der Waals surface area contributed by atoms with Crippen LogP contribution in [-0.4, -0.2) is 36.4 Å².